The van der Waals surface area contributed by atoms with Gasteiger partial charge in [-0.2, -0.15) is 0 Å². The zero-order valence-corrected chi connectivity index (χ0v) is 12.4. The van der Waals surface area contributed by atoms with Crippen LogP contribution < -0.4 is 5.32 Å². The van der Waals surface area contributed by atoms with E-state index >= 15 is 0 Å². The van der Waals surface area contributed by atoms with Gasteiger partial charge in [0, 0.05) is 12.2 Å². The number of likely N-dealkylation sites (N-methyl/N-ethyl adjacent to an activating group) is 1. The summed E-state index contributed by atoms with van der Waals surface area (Å²) in [5.41, 5.74) is 2.12. The molecule has 19 heavy (non-hydrogen) atoms. The van der Waals surface area contributed by atoms with E-state index in [0.717, 1.165) is 11.3 Å². The molecule has 4 nitrogen and oxygen atoms in total. The molecule has 0 radical (unpaired) electrons. The summed E-state index contributed by atoms with van der Waals surface area (Å²) in [4.78, 5) is 13.8. The minimum Gasteiger partial charge on any atom is -0.389 e. The number of hydrogen-bond donors (Lipinski definition) is 2. The Morgan fingerprint density at radius 2 is 2.00 bits per heavy atom. The van der Waals surface area contributed by atoms with Crippen molar-refractivity contribution in [2.45, 2.75) is 40.2 Å². The number of aliphatic hydroxyl groups is 1. The van der Waals surface area contributed by atoms with Crippen molar-refractivity contribution in [3.63, 3.8) is 0 Å². The second-order valence-electron chi connectivity index (χ2n) is 5.58. The van der Waals surface area contributed by atoms with Crippen molar-refractivity contribution in [3.8, 4) is 0 Å². The lowest BCUT2D eigenvalue weighted by atomic mass is 10.1. The average molecular weight is 264 g/mol. The molecule has 1 aromatic carbocycles. The maximum atomic E-state index is 12.2. The molecule has 0 saturated carbocycles. The first-order chi connectivity index (χ1) is 8.73. The average Bonchev–Trinajstić information content (AvgIpc) is 2.28. The van der Waals surface area contributed by atoms with Gasteiger partial charge < -0.3 is 15.3 Å². The molecule has 0 saturated heterocycles. The lowest BCUT2D eigenvalue weighted by molar-refractivity contribution is 0.0501. The third-order valence-electron chi connectivity index (χ3n) is 2.87. The van der Waals surface area contributed by atoms with Crippen LogP contribution in [-0.2, 0) is 0 Å². The lowest BCUT2D eigenvalue weighted by Gasteiger charge is -2.28. The van der Waals surface area contributed by atoms with Gasteiger partial charge in [0.1, 0.15) is 0 Å². The molecule has 2 amide bonds. The van der Waals surface area contributed by atoms with Crippen LogP contribution in [-0.4, -0.2) is 34.7 Å². The SMILES string of the molecule is CCN(CC(C)(C)O)C(=O)Nc1ccc(C)cc1C. The molecule has 0 heterocycles. The van der Waals surface area contributed by atoms with Crippen LogP contribution in [0.4, 0.5) is 10.5 Å². The largest absolute Gasteiger partial charge is 0.389 e. The number of urea groups is 1. The highest BCUT2D eigenvalue weighted by Gasteiger charge is 2.21. The van der Waals surface area contributed by atoms with E-state index in [-0.39, 0.29) is 6.03 Å². The minimum atomic E-state index is -0.893. The number of aryl methyl sites for hydroxylation is 2. The second-order valence-corrected chi connectivity index (χ2v) is 5.58. The normalized spacial score (nSPS) is 11.3. The van der Waals surface area contributed by atoms with E-state index in [0.29, 0.717) is 13.1 Å². The molecule has 1 rings (SSSR count). The van der Waals surface area contributed by atoms with E-state index < -0.39 is 5.60 Å². The van der Waals surface area contributed by atoms with Gasteiger partial charge in [0.2, 0.25) is 0 Å². The Morgan fingerprint density at radius 3 is 2.47 bits per heavy atom. The minimum absolute atomic E-state index is 0.184. The Balaban J connectivity index is 2.77. The maximum Gasteiger partial charge on any atom is 0.321 e. The van der Waals surface area contributed by atoms with Crippen LogP contribution in [0.25, 0.3) is 0 Å². The number of carbonyl (C=O) groups is 1. The molecular formula is C15H24N2O2. The Hall–Kier alpha value is -1.55. The topological polar surface area (TPSA) is 52.6 Å². The Bertz CT molecular complexity index is 450. The second kappa shape index (κ2) is 6.06. The Morgan fingerprint density at radius 1 is 1.37 bits per heavy atom. The number of anilines is 1. The van der Waals surface area contributed by atoms with Crippen molar-refractivity contribution in [1.82, 2.24) is 4.90 Å². The van der Waals surface area contributed by atoms with Crippen molar-refractivity contribution in [2.75, 3.05) is 18.4 Å². The summed E-state index contributed by atoms with van der Waals surface area (Å²) < 4.78 is 0. The lowest BCUT2D eigenvalue weighted by Crippen LogP contribution is -2.44. The van der Waals surface area contributed by atoms with E-state index in [1.54, 1.807) is 18.7 Å². The molecule has 4 heteroatoms. The van der Waals surface area contributed by atoms with Gasteiger partial charge in [0.15, 0.2) is 0 Å². The molecule has 0 fully saturated rings. The number of hydrogen-bond acceptors (Lipinski definition) is 2. The van der Waals surface area contributed by atoms with Crippen molar-refractivity contribution in [3.05, 3.63) is 29.3 Å². The fraction of sp³-hybridized carbons (Fsp3) is 0.533. The third kappa shape index (κ3) is 4.91. The summed E-state index contributed by atoms with van der Waals surface area (Å²) in [5.74, 6) is 0. The van der Waals surface area contributed by atoms with Crippen LogP contribution in [0.15, 0.2) is 18.2 Å². The molecule has 0 spiro atoms. The third-order valence-corrected chi connectivity index (χ3v) is 2.87. The zero-order chi connectivity index (χ0) is 14.6. The first-order valence-electron chi connectivity index (χ1n) is 6.58. The molecule has 106 valence electrons. The first kappa shape index (κ1) is 15.5. The molecule has 0 atom stereocenters. The van der Waals surface area contributed by atoms with Gasteiger partial charge in [-0.3, -0.25) is 0 Å². The van der Waals surface area contributed by atoms with E-state index in [9.17, 15) is 9.90 Å². The highest BCUT2D eigenvalue weighted by molar-refractivity contribution is 5.90. The summed E-state index contributed by atoms with van der Waals surface area (Å²) in [5, 5.41) is 12.7. The molecule has 0 unspecified atom stereocenters. The van der Waals surface area contributed by atoms with E-state index in [1.165, 1.54) is 5.56 Å². The number of carbonyl (C=O) groups excluding carboxylic acids is 1. The van der Waals surface area contributed by atoms with E-state index in [2.05, 4.69) is 5.32 Å². The highest BCUT2D eigenvalue weighted by atomic mass is 16.3. The van der Waals surface area contributed by atoms with Gasteiger partial charge in [-0.25, -0.2) is 4.79 Å². The van der Waals surface area contributed by atoms with Gasteiger partial charge in [0.25, 0.3) is 0 Å². The Labute approximate surface area is 115 Å². The molecule has 2 N–H and O–H groups in total. The predicted molar refractivity (Wildman–Crippen MR) is 78.5 cm³/mol. The van der Waals surface area contributed by atoms with Crippen LogP contribution in [0.3, 0.4) is 0 Å². The van der Waals surface area contributed by atoms with Gasteiger partial charge in [0.05, 0.1) is 12.1 Å². The van der Waals surface area contributed by atoms with E-state index in [1.807, 2.05) is 39.0 Å². The van der Waals surface area contributed by atoms with Crippen molar-refractivity contribution >= 4 is 11.7 Å². The van der Waals surface area contributed by atoms with Crippen LogP contribution in [0.2, 0.25) is 0 Å². The summed E-state index contributed by atoms with van der Waals surface area (Å²) in [7, 11) is 0. The number of benzene rings is 1. The molecule has 0 aromatic heterocycles. The molecule has 0 aliphatic carbocycles. The molecule has 0 aliphatic heterocycles. The molecular weight excluding hydrogens is 240 g/mol. The zero-order valence-electron chi connectivity index (χ0n) is 12.4. The van der Waals surface area contributed by atoms with Gasteiger partial charge in [-0.05, 0) is 46.2 Å². The van der Waals surface area contributed by atoms with Gasteiger partial charge in [-0.15, -0.1) is 0 Å². The number of amides is 2. The quantitative estimate of drug-likeness (QED) is 0.878. The van der Waals surface area contributed by atoms with Crippen LogP contribution in [0.5, 0.6) is 0 Å². The van der Waals surface area contributed by atoms with Crippen molar-refractivity contribution in [2.24, 2.45) is 0 Å². The number of nitrogens with zero attached hydrogens (tertiary/aromatic N) is 1. The molecule has 0 bridgehead atoms. The fourth-order valence-corrected chi connectivity index (χ4v) is 1.94. The summed E-state index contributed by atoms with van der Waals surface area (Å²) >= 11 is 0. The van der Waals surface area contributed by atoms with E-state index in [4.69, 9.17) is 0 Å². The van der Waals surface area contributed by atoms with Crippen LogP contribution >= 0.6 is 0 Å². The number of rotatable bonds is 4. The van der Waals surface area contributed by atoms with Crippen LogP contribution in [0, 0.1) is 13.8 Å². The standard InChI is InChI=1S/C15H24N2O2/c1-6-17(10-15(4,5)19)14(18)16-13-8-7-11(2)9-12(13)3/h7-9,19H,6,10H2,1-5H3,(H,16,18). The summed E-state index contributed by atoms with van der Waals surface area (Å²) in [6.07, 6.45) is 0. The fourth-order valence-electron chi connectivity index (χ4n) is 1.94. The molecule has 1 aromatic rings. The van der Waals surface area contributed by atoms with Gasteiger partial charge >= 0.3 is 6.03 Å². The smallest absolute Gasteiger partial charge is 0.321 e. The van der Waals surface area contributed by atoms with Crippen molar-refractivity contribution < 1.29 is 9.90 Å². The summed E-state index contributed by atoms with van der Waals surface area (Å²) in [6.45, 7) is 10.1. The van der Waals surface area contributed by atoms with Crippen molar-refractivity contribution in [1.29, 1.82) is 0 Å². The number of nitrogens with one attached hydrogen (secondary N) is 1. The predicted octanol–water partition coefficient (Wildman–Crippen LogP) is 2.93. The Kier molecular flexibility index (Phi) is 4.95. The summed E-state index contributed by atoms with van der Waals surface area (Å²) in [6, 6.07) is 5.72. The van der Waals surface area contributed by atoms with Gasteiger partial charge in [-0.1, -0.05) is 17.7 Å². The highest BCUT2D eigenvalue weighted by Crippen LogP contribution is 2.17. The first-order valence-corrected chi connectivity index (χ1v) is 6.58. The molecule has 0 aliphatic rings. The maximum absolute atomic E-state index is 12.2. The van der Waals surface area contributed by atoms with Crippen LogP contribution in [0.1, 0.15) is 31.9 Å². The monoisotopic (exact) mass is 264 g/mol.